The maximum Gasteiger partial charge on any atom is 0.140 e. The third-order valence-corrected chi connectivity index (χ3v) is 3.21. The predicted molar refractivity (Wildman–Crippen MR) is 61.3 cm³/mol. The average Bonchev–Trinajstić information content (AvgIpc) is 2.27. The van der Waals surface area contributed by atoms with Crippen molar-refractivity contribution in [3.8, 4) is 0 Å². The van der Waals surface area contributed by atoms with Crippen molar-refractivity contribution < 1.29 is 13.2 Å². The van der Waals surface area contributed by atoms with Gasteiger partial charge in [0.05, 0.1) is 0 Å². The molecule has 0 fully saturated rings. The quantitative estimate of drug-likeness (QED) is 0.825. The highest BCUT2D eigenvalue weighted by Crippen LogP contribution is 2.34. The second-order valence-corrected chi connectivity index (χ2v) is 4.44. The Morgan fingerprint density at radius 3 is 2.18 bits per heavy atom. The smallest absolute Gasteiger partial charge is 0.140 e. The number of nitrogens with two attached hydrogens (primary N) is 1. The van der Waals surface area contributed by atoms with Gasteiger partial charge >= 0.3 is 0 Å². The average molecular weight is 255 g/mol. The van der Waals surface area contributed by atoms with Crippen molar-refractivity contribution in [2.24, 2.45) is 0 Å². The summed E-state index contributed by atoms with van der Waals surface area (Å²) in [5, 5.41) is 0. The van der Waals surface area contributed by atoms with Crippen molar-refractivity contribution >= 4 is 17.4 Å². The van der Waals surface area contributed by atoms with Gasteiger partial charge in [-0.05, 0) is 30.3 Å². The van der Waals surface area contributed by atoms with E-state index in [1.807, 2.05) is 0 Å². The number of halogens is 3. The molecule has 0 heterocycles. The zero-order valence-corrected chi connectivity index (χ0v) is 9.40. The highest BCUT2D eigenvalue weighted by atomic mass is 32.2. The minimum absolute atomic E-state index is 0.198. The lowest BCUT2D eigenvalue weighted by molar-refractivity contribution is 0.565. The lowest BCUT2D eigenvalue weighted by Gasteiger charge is -2.06. The predicted octanol–water partition coefficient (Wildman–Crippen LogP) is 3.84. The standard InChI is InChI=1S/C12H8F3NS/c13-7-2-4-11(9(15)5-7)17-12-6-8(14)1-3-10(12)16/h1-6H,16H2. The number of rotatable bonds is 2. The molecule has 17 heavy (non-hydrogen) atoms. The summed E-state index contributed by atoms with van der Waals surface area (Å²) in [4.78, 5) is 0.596. The number of nitrogen functional groups attached to an aromatic ring is 1. The van der Waals surface area contributed by atoms with Gasteiger partial charge in [-0.3, -0.25) is 0 Å². The van der Waals surface area contributed by atoms with E-state index in [0.717, 1.165) is 23.9 Å². The molecular formula is C12H8F3NS. The molecule has 88 valence electrons. The van der Waals surface area contributed by atoms with Crippen LogP contribution < -0.4 is 5.73 Å². The van der Waals surface area contributed by atoms with E-state index < -0.39 is 17.5 Å². The van der Waals surface area contributed by atoms with Gasteiger partial charge in [-0.1, -0.05) is 11.8 Å². The molecule has 0 aromatic heterocycles. The summed E-state index contributed by atoms with van der Waals surface area (Å²) >= 11 is 0.957. The number of anilines is 1. The van der Waals surface area contributed by atoms with E-state index in [1.54, 1.807) is 0 Å². The van der Waals surface area contributed by atoms with Gasteiger partial charge in [-0.25, -0.2) is 13.2 Å². The Hall–Kier alpha value is -1.62. The molecule has 2 aromatic rings. The van der Waals surface area contributed by atoms with Gasteiger partial charge in [0.2, 0.25) is 0 Å². The molecule has 0 saturated heterocycles. The Morgan fingerprint density at radius 1 is 0.824 bits per heavy atom. The summed E-state index contributed by atoms with van der Waals surface area (Å²) in [6.07, 6.45) is 0. The van der Waals surface area contributed by atoms with Crippen LogP contribution in [0.15, 0.2) is 46.2 Å². The van der Waals surface area contributed by atoms with Crippen LogP contribution in [-0.4, -0.2) is 0 Å². The lowest BCUT2D eigenvalue weighted by atomic mass is 10.3. The van der Waals surface area contributed by atoms with Crippen LogP contribution in [0, 0.1) is 17.5 Å². The summed E-state index contributed by atoms with van der Waals surface area (Å²) in [7, 11) is 0. The highest BCUT2D eigenvalue weighted by Gasteiger charge is 2.08. The first-order valence-corrected chi connectivity index (χ1v) is 5.56. The molecule has 1 nitrogen and oxygen atoms in total. The van der Waals surface area contributed by atoms with Crippen LogP contribution >= 0.6 is 11.8 Å². The fourth-order valence-electron chi connectivity index (χ4n) is 1.27. The second-order valence-electron chi connectivity index (χ2n) is 3.36. The molecule has 0 amide bonds. The van der Waals surface area contributed by atoms with Crippen LogP contribution in [-0.2, 0) is 0 Å². The zero-order valence-electron chi connectivity index (χ0n) is 8.58. The van der Waals surface area contributed by atoms with E-state index in [-0.39, 0.29) is 4.90 Å². The highest BCUT2D eigenvalue weighted by molar-refractivity contribution is 7.99. The van der Waals surface area contributed by atoms with Crippen LogP contribution in [0.3, 0.4) is 0 Å². The number of hydrogen-bond donors (Lipinski definition) is 1. The molecule has 2 aromatic carbocycles. The lowest BCUT2D eigenvalue weighted by Crippen LogP contribution is -1.90. The summed E-state index contributed by atoms with van der Waals surface area (Å²) in [6, 6.07) is 7.04. The second kappa shape index (κ2) is 4.71. The van der Waals surface area contributed by atoms with Gasteiger partial charge in [0.15, 0.2) is 0 Å². The van der Waals surface area contributed by atoms with Crippen molar-refractivity contribution in [1.29, 1.82) is 0 Å². The molecule has 0 unspecified atom stereocenters. The van der Waals surface area contributed by atoms with Gasteiger partial charge < -0.3 is 5.73 Å². The SMILES string of the molecule is Nc1ccc(F)cc1Sc1ccc(F)cc1F. The molecule has 0 radical (unpaired) electrons. The molecule has 5 heteroatoms. The summed E-state index contributed by atoms with van der Waals surface area (Å²) in [5.74, 6) is -1.80. The van der Waals surface area contributed by atoms with Crippen molar-refractivity contribution in [1.82, 2.24) is 0 Å². The third kappa shape index (κ3) is 2.74. The molecule has 0 aliphatic carbocycles. The molecule has 0 bridgehead atoms. The van der Waals surface area contributed by atoms with Gasteiger partial charge in [-0.15, -0.1) is 0 Å². The summed E-state index contributed by atoms with van der Waals surface area (Å²) in [6.45, 7) is 0. The molecular weight excluding hydrogens is 247 g/mol. The van der Waals surface area contributed by atoms with Gasteiger partial charge in [0, 0.05) is 21.5 Å². The Bertz CT molecular complexity index is 557. The van der Waals surface area contributed by atoms with Gasteiger partial charge in [0.25, 0.3) is 0 Å². The first-order valence-electron chi connectivity index (χ1n) is 4.74. The van der Waals surface area contributed by atoms with E-state index >= 15 is 0 Å². The first kappa shape index (κ1) is 11.9. The van der Waals surface area contributed by atoms with Crippen molar-refractivity contribution in [3.63, 3.8) is 0 Å². The minimum Gasteiger partial charge on any atom is -0.398 e. The van der Waals surface area contributed by atoms with E-state index in [9.17, 15) is 13.2 Å². The largest absolute Gasteiger partial charge is 0.398 e. The van der Waals surface area contributed by atoms with Crippen LogP contribution in [0.25, 0.3) is 0 Å². The van der Waals surface area contributed by atoms with Crippen LogP contribution in [0.5, 0.6) is 0 Å². The Balaban J connectivity index is 2.34. The van der Waals surface area contributed by atoms with E-state index in [4.69, 9.17) is 5.73 Å². The molecule has 0 spiro atoms. The minimum atomic E-state index is -0.696. The fraction of sp³-hybridized carbons (Fsp3) is 0. The van der Waals surface area contributed by atoms with Crippen LogP contribution in [0.4, 0.5) is 18.9 Å². The monoisotopic (exact) mass is 255 g/mol. The number of hydrogen-bond acceptors (Lipinski definition) is 2. The fourth-order valence-corrected chi connectivity index (χ4v) is 2.16. The normalized spacial score (nSPS) is 10.5. The van der Waals surface area contributed by atoms with Gasteiger partial charge in [0.1, 0.15) is 17.5 Å². The van der Waals surface area contributed by atoms with Crippen molar-refractivity contribution in [2.75, 3.05) is 5.73 Å². The Labute approximate surface area is 100 Å². The summed E-state index contributed by atoms with van der Waals surface area (Å²) in [5.41, 5.74) is 5.98. The maximum absolute atomic E-state index is 13.4. The van der Waals surface area contributed by atoms with Crippen molar-refractivity contribution in [2.45, 2.75) is 9.79 Å². The maximum atomic E-state index is 13.4. The van der Waals surface area contributed by atoms with Crippen LogP contribution in [0.1, 0.15) is 0 Å². The topological polar surface area (TPSA) is 26.0 Å². The molecule has 2 N–H and O–H groups in total. The molecule has 2 rings (SSSR count). The van der Waals surface area contributed by atoms with Crippen LogP contribution in [0.2, 0.25) is 0 Å². The Kier molecular flexibility index (Phi) is 3.28. The Morgan fingerprint density at radius 2 is 1.47 bits per heavy atom. The van der Waals surface area contributed by atoms with E-state index in [0.29, 0.717) is 10.6 Å². The summed E-state index contributed by atoms with van der Waals surface area (Å²) < 4.78 is 39.1. The molecule has 0 aliphatic heterocycles. The number of benzene rings is 2. The molecule has 0 aliphatic rings. The molecule has 0 saturated carbocycles. The third-order valence-electron chi connectivity index (χ3n) is 2.09. The van der Waals surface area contributed by atoms with Gasteiger partial charge in [-0.2, -0.15) is 0 Å². The van der Waals surface area contributed by atoms with E-state index in [2.05, 4.69) is 0 Å². The van der Waals surface area contributed by atoms with Crippen molar-refractivity contribution in [3.05, 3.63) is 53.8 Å². The molecule has 0 atom stereocenters. The zero-order chi connectivity index (χ0) is 12.4. The first-order chi connectivity index (χ1) is 8.06. The van der Waals surface area contributed by atoms with E-state index in [1.165, 1.54) is 24.3 Å².